The van der Waals surface area contributed by atoms with E-state index in [0.29, 0.717) is 11.7 Å². The van der Waals surface area contributed by atoms with Crippen molar-refractivity contribution in [2.24, 2.45) is 0 Å². The number of aromatic amines is 1. The Bertz CT molecular complexity index is 573. The standard InChI is InChI=1S/C12H17ClN6/c1-8(2)18-3-5-19(6-4-18)11-9-10(15-7-14-9)16-12(13)17-11/h7-8H,3-6H2,1-2H3,(H,14,15,16,17). The number of aromatic nitrogens is 4. The number of anilines is 1. The fourth-order valence-corrected chi connectivity index (χ4v) is 2.63. The zero-order valence-corrected chi connectivity index (χ0v) is 11.9. The summed E-state index contributed by atoms with van der Waals surface area (Å²) in [5.41, 5.74) is 1.49. The number of piperazine rings is 1. The summed E-state index contributed by atoms with van der Waals surface area (Å²) in [7, 11) is 0. The van der Waals surface area contributed by atoms with Crippen molar-refractivity contribution in [3.05, 3.63) is 11.6 Å². The van der Waals surface area contributed by atoms with Crippen molar-refractivity contribution in [2.75, 3.05) is 31.1 Å². The van der Waals surface area contributed by atoms with Gasteiger partial charge in [-0.05, 0) is 25.4 Å². The van der Waals surface area contributed by atoms with Gasteiger partial charge in [-0.2, -0.15) is 9.97 Å². The summed E-state index contributed by atoms with van der Waals surface area (Å²) in [6.45, 7) is 8.41. The molecule has 0 unspecified atom stereocenters. The van der Waals surface area contributed by atoms with Crippen LogP contribution in [0.2, 0.25) is 5.28 Å². The van der Waals surface area contributed by atoms with Crippen molar-refractivity contribution in [2.45, 2.75) is 19.9 Å². The minimum Gasteiger partial charge on any atom is -0.352 e. The van der Waals surface area contributed by atoms with Gasteiger partial charge in [-0.1, -0.05) is 0 Å². The number of hydrogen-bond donors (Lipinski definition) is 1. The first-order chi connectivity index (χ1) is 9.15. The van der Waals surface area contributed by atoms with Crippen molar-refractivity contribution in [3.8, 4) is 0 Å². The molecule has 1 N–H and O–H groups in total. The van der Waals surface area contributed by atoms with E-state index >= 15 is 0 Å². The zero-order valence-electron chi connectivity index (χ0n) is 11.1. The number of hydrogen-bond acceptors (Lipinski definition) is 5. The Balaban J connectivity index is 1.87. The molecule has 1 saturated heterocycles. The Labute approximate surface area is 116 Å². The van der Waals surface area contributed by atoms with Crippen LogP contribution in [0.5, 0.6) is 0 Å². The second kappa shape index (κ2) is 4.94. The first-order valence-electron chi connectivity index (χ1n) is 6.51. The van der Waals surface area contributed by atoms with Crippen LogP contribution >= 0.6 is 11.6 Å². The van der Waals surface area contributed by atoms with Crippen molar-refractivity contribution in [3.63, 3.8) is 0 Å². The number of imidazole rings is 1. The molecule has 6 nitrogen and oxygen atoms in total. The van der Waals surface area contributed by atoms with E-state index in [1.54, 1.807) is 6.33 Å². The zero-order chi connectivity index (χ0) is 13.4. The van der Waals surface area contributed by atoms with Crippen LogP contribution in [0, 0.1) is 0 Å². The van der Waals surface area contributed by atoms with Gasteiger partial charge in [0.25, 0.3) is 0 Å². The van der Waals surface area contributed by atoms with Gasteiger partial charge in [-0.25, -0.2) is 4.98 Å². The van der Waals surface area contributed by atoms with Gasteiger partial charge in [0.05, 0.1) is 6.33 Å². The molecule has 102 valence electrons. The highest BCUT2D eigenvalue weighted by atomic mass is 35.5. The Morgan fingerprint density at radius 1 is 1.21 bits per heavy atom. The average Bonchev–Trinajstić information content (AvgIpc) is 2.85. The van der Waals surface area contributed by atoms with Crippen molar-refractivity contribution in [1.82, 2.24) is 24.8 Å². The van der Waals surface area contributed by atoms with Crippen molar-refractivity contribution in [1.29, 1.82) is 0 Å². The van der Waals surface area contributed by atoms with E-state index in [9.17, 15) is 0 Å². The molecule has 0 spiro atoms. The summed E-state index contributed by atoms with van der Waals surface area (Å²) in [4.78, 5) is 20.4. The van der Waals surface area contributed by atoms with Crippen LogP contribution in [-0.2, 0) is 0 Å². The van der Waals surface area contributed by atoms with Gasteiger partial charge in [-0.3, -0.25) is 4.90 Å². The molecule has 0 saturated carbocycles. The summed E-state index contributed by atoms with van der Waals surface area (Å²) in [5, 5.41) is 0.251. The van der Waals surface area contributed by atoms with Crippen LogP contribution in [0.1, 0.15) is 13.8 Å². The van der Waals surface area contributed by atoms with Crippen molar-refractivity contribution >= 4 is 28.6 Å². The lowest BCUT2D eigenvalue weighted by Gasteiger charge is -2.37. The quantitative estimate of drug-likeness (QED) is 0.846. The molecule has 0 atom stereocenters. The number of fused-ring (bicyclic) bond motifs is 1. The molecule has 2 aromatic heterocycles. The third-order valence-electron chi connectivity index (χ3n) is 3.58. The maximum absolute atomic E-state index is 5.97. The molecule has 1 aliphatic heterocycles. The Morgan fingerprint density at radius 3 is 2.63 bits per heavy atom. The summed E-state index contributed by atoms with van der Waals surface area (Å²) >= 11 is 5.97. The largest absolute Gasteiger partial charge is 0.352 e. The van der Waals surface area contributed by atoms with Crippen LogP contribution in [0.4, 0.5) is 5.82 Å². The van der Waals surface area contributed by atoms with E-state index in [0.717, 1.165) is 37.5 Å². The number of nitrogens with zero attached hydrogens (tertiary/aromatic N) is 5. The van der Waals surface area contributed by atoms with Gasteiger partial charge in [-0.15, -0.1) is 0 Å². The van der Waals surface area contributed by atoms with E-state index in [1.807, 2.05) is 0 Å². The Kier molecular flexibility index (Phi) is 3.28. The third kappa shape index (κ3) is 2.37. The summed E-state index contributed by atoms with van der Waals surface area (Å²) < 4.78 is 0. The molecule has 7 heteroatoms. The molecule has 0 radical (unpaired) electrons. The lowest BCUT2D eigenvalue weighted by Crippen LogP contribution is -2.49. The molecular formula is C12H17ClN6. The van der Waals surface area contributed by atoms with Gasteiger partial charge < -0.3 is 9.88 Å². The molecular weight excluding hydrogens is 264 g/mol. The normalized spacial score (nSPS) is 17.6. The molecule has 0 aliphatic carbocycles. The molecule has 1 aliphatic rings. The first kappa shape index (κ1) is 12.6. The second-order valence-corrected chi connectivity index (χ2v) is 5.37. The van der Waals surface area contributed by atoms with Gasteiger partial charge >= 0.3 is 0 Å². The second-order valence-electron chi connectivity index (χ2n) is 5.03. The van der Waals surface area contributed by atoms with Crippen LogP contribution in [0.15, 0.2) is 6.33 Å². The van der Waals surface area contributed by atoms with E-state index in [4.69, 9.17) is 11.6 Å². The third-order valence-corrected chi connectivity index (χ3v) is 3.75. The van der Waals surface area contributed by atoms with Gasteiger partial charge in [0, 0.05) is 32.2 Å². The Morgan fingerprint density at radius 2 is 1.95 bits per heavy atom. The first-order valence-corrected chi connectivity index (χ1v) is 6.88. The maximum Gasteiger partial charge on any atom is 0.226 e. The molecule has 3 heterocycles. The minimum atomic E-state index is 0.251. The van der Waals surface area contributed by atoms with E-state index in [1.165, 1.54) is 0 Å². The van der Waals surface area contributed by atoms with Gasteiger partial charge in [0.1, 0.15) is 5.52 Å². The topological polar surface area (TPSA) is 60.9 Å². The molecule has 3 rings (SSSR count). The fourth-order valence-electron chi connectivity index (χ4n) is 2.47. The molecule has 0 amide bonds. The Hall–Kier alpha value is -1.40. The summed E-state index contributed by atoms with van der Waals surface area (Å²) in [5.74, 6) is 0.857. The highest BCUT2D eigenvalue weighted by molar-refractivity contribution is 6.28. The number of nitrogens with one attached hydrogen (secondary N) is 1. The molecule has 2 aromatic rings. The monoisotopic (exact) mass is 280 g/mol. The maximum atomic E-state index is 5.97. The van der Waals surface area contributed by atoms with Gasteiger partial charge in [0.15, 0.2) is 11.5 Å². The molecule has 1 fully saturated rings. The molecule has 19 heavy (non-hydrogen) atoms. The van der Waals surface area contributed by atoms with E-state index in [-0.39, 0.29) is 5.28 Å². The SMILES string of the molecule is CC(C)N1CCN(c2nc(Cl)nc3nc[nH]c23)CC1. The van der Waals surface area contributed by atoms with Crippen LogP contribution in [-0.4, -0.2) is 57.1 Å². The van der Waals surface area contributed by atoms with E-state index in [2.05, 4.69) is 43.6 Å². The number of halogens is 1. The summed E-state index contributed by atoms with van der Waals surface area (Å²) in [6.07, 6.45) is 1.63. The van der Waals surface area contributed by atoms with Gasteiger partial charge in [0.2, 0.25) is 5.28 Å². The predicted molar refractivity (Wildman–Crippen MR) is 75.6 cm³/mol. The lowest BCUT2D eigenvalue weighted by atomic mass is 10.2. The highest BCUT2D eigenvalue weighted by Crippen LogP contribution is 2.23. The molecule has 0 aromatic carbocycles. The molecule has 0 bridgehead atoms. The lowest BCUT2D eigenvalue weighted by molar-refractivity contribution is 0.209. The van der Waals surface area contributed by atoms with Crippen LogP contribution in [0.25, 0.3) is 11.2 Å². The van der Waals surface area contributed by atoms with E-state index < -0.39 is 0 Å². The number of rotatable bonds is 2. The van der Waals surface area contributed by atoms with Crippen LogP contribution in [0.3, 0.4) is 0 Å². The minimum absolute atomic E-state index is 0.251. The highest BCUT2D eigenvalue weighted by Gasteiger charge is 2.22. The number of H-pyrrole nitrogens is 1. The summed E-state index contributed by atoms with van der Waals surface area (Å²) in [6, 6.07) is 0.586. The average molecular weight is 281 g/mol. The van der Waals surface area contributed by atoms with Crippen molar-refractivity contribution < 1.29 is 0 Å². The fraction of sp³-hybridized carbons (Fsp3) is 0.583. The van der Waals surface area contributed by atoms with Crippen LogP contribution < -0.4 is 4.90 Å². The smallest absolute Gasteiger partial charge is 0.226 e. The predicted octanol–water partition coefficient (Wildman–Crippen LogP) is 1.54.